The van der Waals surface area contributed by atoms with E-state index in [0.717, 1.165) is 12.8 Å². The van der Waals surface area contributed by atoms with E-state index in [1.54, 1.807) is 6.21 Å². The molecular weight excluding hydrogens is 136 g/mol. The standard InChI is InChI=1S/C9H18N2/c1-5-7-9(8(3)4)11-10-6-2/h6,8H,5,7H2,1-4H3/b10-6-,11-9+. The summed E-state index contributed by atoms with van der Waals surface area (Å²) >= 11 is 0. The molecule has 0 bridgehead atoms. The molecule has 11 heavy (non-hydrogen) atoms. The van der Waals surface area contributed by atoms with Crippen molar-refractivity contribution in [2.75, 3.05) is 0 Å². The van der Waals surface area contributed by atoms with Gasteiger partial charge in [-0.1, -0.05) is 27.2 Å². The molecule has 0 fully saturated rings. The average molecular weight is 154 g/mol. The molecule has 2 nitrogen and oxygen atoms in total. The van der Waals surface area contributed by atoms with Crippen molar-refractivity contribution < 1.29 is 0 Å². The lowest BCUT2D eigenvalue weighted by molar-refractivity contribution is 0.820. The zero-order valence-electron chi connectivity index (χ0n) is 7.96. The van der Waals surface area contributed by atoms with Gasteiger partial charge in [0, 0.05) is 11.9 Å². The molecule has 0 atom stereocenters. The lowest BCUT2D eigenvalue weighted by atomic mass is 10.0. The highest BCUT2D eigenvalue weighted by Gasteiger charge is 2.02. The largest absolute Gasteiger partial charge is 0.164 e. The SMILES string of the molecule is C/C=N\N=C(/CCC)C(C)C. The van der Waals surface area contributed by atoms with Gasteiger partial charge >= 0.3 is 0 Å². The maximum atomic E-state index is 4.12. The van der Waals surface area contributed by atoms with Crippen molar-refractivity contribution in [3.05, 3.63) is 0 Å². The van der Waals surface area contributed by atoms with Gasteiger partial charge in [-0.15, -0.1) is 0 Å². The molecule has 0 radical (unpaired) electrons. The Balaban J connectivity index is 4.08. The molecule has 0 aliphatic heterocycles. The number of hydrogen-bond donors (Lipinski definition) is 0. The van der Waals surface area contributed by atoms with Gasteiger partial charge < -0.3 is 0 Å². The van der Waals surface area contributed by atoms with Gasteiger partial charge in [0.25, 0.3) is 0 Å². The van der Waals surface area contributed by atoms with Crippen LogP contribution in [0.4, 0.5) is 0 Å². The second-order valence-corrected chi connectivity index (χ2v) is 2.87. The summed E-state index contributed by atoms with van der Waals surface area (Å²) in [4.78, 5) is 0. The molecule has 64 valence electrons. The normalized spacial score (nSPS) is 13.4. The first-order valence-corrected chi connectivity index (χ1v) is 4.26. The highest BCUT2D eigenvalue weighted by Crippen LogP contribution is 2.04. The lowest BCUT2D eigenvalue weighted by Crippen LogP contribution is -2.06. The molecule has 0 aliphatic rings. The molecule has 0 unspecified atom stereocenters. The van der Waals surface area contributed by atoms with Crippen molar-refractivity contribution in [2.45, 2.75) is 40.5 Å². The zero-order valence-corrected chi connectivity index (χ0v) is 7.96. The molecule has 0 aromatic carbocycles. The fourth-order valence-electron chi connectivity index (χ4n) is 0.842. The summed E-state index contributed by atoms with van der Waals surface area (Å²) in [5.41, 5.74) is 1.20. The minimum absolute atomic E-state index is 0.527. The fraction of sp³-hybridized carbons (Fsp3) is 0.778. The third kappa shape index (κ3) is 4.71. The second kappa shape index (κ2) is 6.08. The van der Waals surface area contributed by atoms with Crippen molar-refractivity contribution >= 4 is 11.9 Å². The molecule has 0 aliphatic carbocycles. The Morgan fingerprint density at radius 3 is 2.45 bits per heavy atom. The smallest absolute Gasteiger partial charge is 0.0431 e. The van der Waals surface area contributed by atoms with Crippen molar-refractivity contribution in [1.29, 1.82) is 0 Å². The fourth-order valence-corrected chi connectivity index (χ4v) is 0.842. The van der Waals surface area contributed by atoms with E-state index < -0.39 is 0 Å². The maximum absolute atomic E-state index is 4.12. The molecule has 0 aromatic rings. The van der Waals surface area contributed by atoms with E-state index in [2.05, 4.69) is 31.0 Å². The maximum Gasteiger partial charge on any atom is 0.0431 e. The predicted molar refractivity (Wildman–Crippen MR) is 51.3 cm³/mol. The number of nitrogens with zero attached hydrogens (tertiary/aromatic N) is 2. The van der Waals surface area contributed by atoms with Crippen LogP contribution < -0.4 is 0 Å². The van der Waals surface area contributed by atoms with Gasteiger partial charge in [-0.25, -0.2) is 0 Å². The van der Waals surface area contributed by atoms with Gasteiger partial charge in [0.1, 0.15) is 0 Å². The summed E-state index contributed by atoms with van der Waals surface area (Å²) in [7, 11) is 0. The van der Waals surface area contributed by atoms with Crippen LogP contribution in [0.3, 0.4) is 0 Å². The van der Waals surface area contributed by atoms with E-state index in [-0.39, 0.29) is 0 Å². The molecule has 0 saturated carbocycles. The third-order valence-electron chi connectivity index (χ3n) is 1.47. The van der Waals surface area contributed by atoms with Gasteiger partial charge in [-0.05, 0) is 19.3 Å². The second-order valence-electron chi connectivity index (χ2n) is 2.87. The van der Waals surface area contributed by atoms with Crippen LogP contribution in [0, 0.1) is 5.92 Å². The van der Waals surface area contributed by atoms with Crippen LogP contribution in [0.1, 0.15) is 40.5 Å². The van der Waals surface area contributed by atoms with Crippen molar-refractivity contribution in [2.24, 2.45) is 16.1 Å². The van der Waals surface area contributed by atoms with Gasteiger partial charge in [0.2, 0.25) is 0 Å². The summed E-state index contributed by atoms with van der Waals surface area (Å²) < 4.78 is 0. The molecule has 2 heteroatoms. The molecular formula is C9H18N2. The zero-order chi connectivity index (χ0) is 8.69. The van der Waals surface area contributed by atoms with Crippen molar-refractivity contribution in [3.8, 4) is 0 Å². The van der Waals surface area contributed by atoms with Gasteiger partial charge in [-0.3, -0.25) is 0 Å². The Bertz CT molecular complexity index is 146. The summed E-state index contributed by atoms with van der Waals surface area (Å²) in [6, 6.07) is 0. The minimum Gasteiger partial charge on any atom is -0.164 e. The van der Waals surface area contributed by atoms with Crippen LogP contribution in [0.15, 0.2) is 10.2 Å². The van der Waals surface area contributed by atoms with E-state index >= 15 is 0 Å². The molecule has 0 spiro atoms. The summed E-state index contributed by atoms with van der Waals surface area (Å²) in [5.74, 6) is 0.527. The molecule has 0 heterocycles. The van der Waals surface area contributed by atoms with Crippen LogP contribution in [0.5, 0.6) is 0 Å². The van der Waals surface area contributed by atoms with Crippen LogP contribution >= 0.6 is 0 Å². The molecule has 0 saturated heterocycles. The Morgan fingerprint density at radius 2 is 2.09 bits per heavy atom. The van der Waals surface area contributed by atoms with E-state index in [1.165, 1.54) is 5.71 Å². The minimum atomic E-state index is 0.527. The van der Waals surface area contributed by atoms with Crippen LogP contribution in [0.2, 0.25) is 0 Å². The van der Waals surface area contributed by atoms with E-state index in [1.807, 2.05) is 6.92 Å². The molecule has 0 N–H and O–H groups in total. The molecule has 0 amide bonds. The Kier molecular flexibility index (Phi) is 5.71. The van der Waals surface area contributed by atoms with E-state index in [4.69, 9.17) is 0 Å². The quantitative estimate of drug-likeness (QED) is 0.439. The van der Waals surface area contributed by atoms with Crippen LogP contribution in [-0.2, 0) is 0 Å². The summed E-state index contributed by atoms with van der Waals surface area (Å²) in [6.45, 7) is 8.35. The van der Waals surface area contributed by atoms with Gasteiger partial charge in [0.05, 0.1) is 0 Å². The average Bonchev–Trinajstić information content (AvgIpc) is 1.97. The summed E-state index contributed by atoms with van der Waals surface area (Å²) in [5, 5.41) is 7.99. The van der Waals surface area contributed by atoms with Gasteiger partial charge in [0.15, 0.2) is 0 Å². The third-order valence-corrected chi connectivity index (χ3v) is 1.47. The Morgan fingerprint density at radius 1 is 1.45 bits per heavy atom. The first-order chi connectivity index (χ1) is 5.22. The van der Waals surface area contributed by atoms with E-state index in [9.17, 15) is 0 Å². The van der Waals surface area contributed by atoms with Crippen molar-refractivity contribution in [3.63, 3.8) is 0 Å². The predicted octanol–water partition coefficient (Wildman–Crippen LogP) is 2.89. The first kappa shape index (κ1) is 10.3. The number of hydrogen-bond acceptors (Lipinski definition) is 2. The highest BCUT2D eigenvalue weighted by atomic mass is 15.2. The molecule has 0 aromatic heterocycles. The lowest BCUT2D eigenvalue weighted by Gasteiger charge is -2.05. The Labute approximate surface area is 69.4 Å². The summed E-state index contributed by atoms with van der Waals surface area (Å²) in [6.07, 6.45) is 3.93. The highest BCUT2D eigenvalue weighted by molar-refractivity contribution is 5.86. The topological polar surface area (TPSA) is 24.7 Å². The first-order valence-electron chi connectivity index (χ1n) is 4.26. The monoisotopic (exact) mass is 154 g/mol. The van der Waals surface area contributed by atoms with Crippen LogP contribution in [0.25, 0.3) is 0 Å². The van der Waals surface area contributed by atoms with E-state index in [0.29, 0.717) is 5.92 Å². The Hall–Kier alpha value is -0.660. The van der Waals surface area contributed by atoms with Gasteiger partial charge in [-0.2, -0.15) is 10.2 Å². The van der Waals surface area contributed by atoms with Crippen LogP contribution in [-0.4, -0.2) is 11.9 Å². The van der Waals surface area contributed by atoms with Crippen molar-refractivity contribution in [1.82, 2.24) is 0 Å². The number of rotatable bonds is 4. The molecule has 0 rings (SSSR count).